The quantitative estimate of drug-likeness (QED) is 0.412. The Morgan fingerprint density at radius 2 is 1.81 bits per heavy atom. The van der Waals surface area contributed by atoms with Crippen LogP contribution >= 0.6 is 11.8 Å². The van der Waals surface area contributed by atoms with Crippen LogP contribution in [0.5, 0.6) is 0 Å². The molecule has 0 amide bonds. The highest BCUT2D eigenvalue weighted by Gasteiger charge is 2.46. The number of thioether (sulfide) groups is 1. The van der Waals surface area contributed by atoms with Crippen molar-refractivity contribution in [1.82, 2.24) is 0 Å². The maximum absolute atomic E-state index is 12.2. The Bertz CT molecular complexity index is 555. The predicted octanol–water partition coefficient (Wildman–Crippen LogP) is 2.49. The second-order valence-corrected chi connectivity index (χ2v) is 7.93. The number of carbonyl (C=O) groups excluding carboxylic acids is 1. The first-order chi connectivity index (χ1) is 13.1. The molecule has 1 heterocycles. The molecular formula is C20H30O6S. The van der Waals surface area contributed by atoms with Crippen molar-refractivity contribution in [2.75, 3.05) is 6.61 Å². The van der Waals surface area contributed by atoms with Crippen LogP contribution in [0.2, 0.25) is 0 Å². The Balaban J connectivity index is 1.98. The molecule has 1 aromatic rings. The maximum Gasteiger partial charge on any atom is 0.306 e. The molecule has 0 bridgehead atoms. The zero-order valence-electron chi connectivity index (χ0n) is 15.7. The van der Waals surface area contributed by atoms with Gasteiger partial charge in [-0.25, -0.2) is 0 Å². The standard InChI is InChI=1S/C20H30O6S/c1-2-3-4-5-9-12-16(22)26-19-18(24)17(23)15(13-21)25-20(19)27-14-10-7-6-8-11-14/h6-8,10-11,15,17-21,23-24H,2-5,9,12-13H2,1H3/t15-,17-,18+,19+,20-/m1/s1. The number of carbonyl (C=O) groups is 1. The molecule has 1 aromatic carbocycles. The predicted molar refractivity (Wildman–Crippen MR) is 103 cm³/mol. The van der Waals surface area contributed by atoms with E-state index in [1.54, 1.807) is 0 Å². The lowest BCUT2D eigenvalue weighted by Crippen LogP contribution is -2.58. The molecule has 6 nitrogen and oxygen atoms in total. The van der Waals surface area contributed by atoms with Crippen molar-refractivity contribution in [3.05, 3.63) is 30.3 Å². The van der Waals surface area contributed by atoms with Crippen LogP contribution in [0, 0.1) is 0 Å². The zero-order chi connectivity index (χ0) is 19.6. The van der Waals surface area contributed by atoms with E-state index in [-0.39, 0.29) is 6.42 Å². The number of hydrogen-bond donors (Lipinski definition) is 3. The highest BCUT2D eigenvalue weighted by atomic mass is 32.2. The van der Waals surface area contributed by atoms with Crippen molar-refractivity contribution < 1.29 is 29.6 Å². The molecule has 1 aliphatic heterocycles. The van der Waals surface area contributed by atoms with Gasteiger partial charge < -0.3 is 24.8 Å². The first kappa shape index (κ1) is 22.2. The van der Waals surface area contributed by atoms with Gasteiger partial charge in [-0.05, 0) is 18.6 Å². The minimum Gasteiger partial charge on any atom is -0.456 e. The Labute approximate surface area is 164 Å². The average molecular weight is 399 g/mol. The first-order valence-electron chi connectivity index (χ1n) is 9.60. The molecule has 1 fully saturated rings. The third-order valence-electron chi connectivity index (χ3n) is 4.57. The minimum absolute atomic E-state index is 0.273. The van der Waals surface area contributed by atoms with Crippen LogP contribution in [-0.4, -0.2) is 57.7 Å². The largest absolute Gasteiger partial charge is 0.456 e. The van der Waals surface area contributed by atoms with Gasteiger partial charge in [0.05, 0.1) is 6.61 Å². The third-order valence-corrected chi connectivity index (χ3v) is 5.73. The van der Waals surface area contributed by atoms with Crippen molar-refractivity contribution in [3.63, 3.8) is 0 Å². The van der Waals surface area contributed by atoms with Gasteiger partial charge in [0, 0.05) is 11.3 Å². The van der Waals surface area contributed by atoms with Crippen LogP contribution in [0.3, 0.4) is 0 Å². The molecule has 0 aliphatic carbocycles. The van der Waals surface area contributed by atoms with Crippen molar-refractivity contribution in [2.45, 2.75) is 80.2 Å². The minimum atomic E-state index is -1.32. The fourth-order valence-electron chi connectivity index (χ4n) is 2.99. The van der Waals surface area contributed by atoms with Gasteiger partial charge in [0.2, 0.25) is 0 Å². The molecule has 2 rings (SSSR count). The number of esters is 1. The summed E-state index contributed by atoms with van der Waals surface area (Å²) in [6, 6.07) is 9.39. The van der Waals surface area contributed by atoms with Crippen molar-refractivity contribution in [1.29, 1.82) is 0 Å². The van der Waals surface area contributed by atoms with Gasteiger partial charge in [0.1, 0.15) is 23.7 Å². The van der Waals surface area contributed by atoms with Gasteiger partial charge in [0.25, 0.3) is 0 Å². The number of ether oxygens (including phenoxy) is 2. The van der Waals surface area contributed by atoms with Crippen LogP contribution in [0.25, 0.3) is 0 Å². The molecule has 1 saturated heterocycles. The van der Waals surface area contributed by atoms with Crippen LogP contribution in [0.1, 0.15) is 45.4 Å². The second-order valence-electron chi connectivity index (χ2n) is 6.76. The molecule has 0 saturated carbocycles. The van der Waals surface area contributed by atoms with Gasteiger partial charge in [-0.2, -0.15) is 0 Å². The van der Waals surface area contributed by atoms with Crippen LogP contribution in [0.4, 0.5) is 0 Å². The molecule has 5 atom stereocenters. The van der Waals surface area contributed by atoms with E-state index in [1.807, 2.05) is 30.3 Å². The van der Waals surface area contributed by atoms with Gasteiger partial charge >= 0.3 is 5.97 Å². The highest BCUT2D eigenvalue weighted by molar-refractivity contribution is 7.99. The summed E-state index contributed by atoms with van der Waals surface area (Å²) >= 11 is 1.29. The molecule has 27 heavy (non-hydrogen) atoms. The summed E-state index contributed by atoms with van der Waals surface area (Å²) in [7, 11) is 0. The van der Waals surface area contributed by atoms with Gasteiger partial charge in [-0.3, -0.25) is 4.79 Å². The molecule has 3 N–H and O–H groups in total. The Morgan fingerprint density at radius 3 is 2.48 bits per heavy atom. The van der Waals surface area contributed by atoms with E-state index in [0.717, 1.165) is 37.0 Å². The van der Waals surface area contributed by atoms with Gasteiger partial charge in [0.15, 0.2) is 6.10 Å². The molecule has 152 valence electrons. The number of aliphatic hydroxyl groups excluding tert-OH is 3. The fourth-order valence-corrected chi connectivity index (χ4v) is 4.12. The summed E-state index contributed by atoms with van der Waals surface area (Å²) in [5.74, 6) is -0.410. The third kappa shape index (κ3) is 6.76. The summed E-state index contributed by atoms with van der Waals surface area (Å²) in [6.45, 7) is 1.70. The van der Waals surface area contributed by atoms with E-state index in [2.05, 4.69) is 6.92 Å². The summed E-state index contributed by atoms with van der Waals surface area (Å²) in [6.07, 6.45) is 0.780. The van der Waals surface area contributed by atoms with Crippen LogP contribution < -0.4 is 0 Å². The smallest absolute Gasteiger partial charge is 0.306 e. The summed E-state index contributed by atoms with van der Waals surface area (Å²) in [5, 5.41) is 30.0. The lowest BCUT2D eigenvalue weighted by atomic mass is 10.00. The molecule has 1 aliphatic rings. The van der Waals surface area contributed by atoms with Crippen molar-refractivity contribution in [2.24, 2.45) is 0 Å². The van der Waals surface area contributed by atoms with Crippen LogP contribution in [-0.2, 0) is 14.3 Å². The summed E-state index contributed by atoms with van der Waals surface area (Å²) in [4.78, 5) is 13.1. The molecule has 0 aromatic heterocycles. The number of rotatable bonds is 10. The zero-order valence-corrected chi connectivity index (χ0v) is 16.5. The van der Waals surface area contributed by atoms with E-state index in [0.29, 0.717) is 0 Å². The number of hydrogen-bond acceptors (Lipinski definition) is 7. The summed E-state index contributed by atoms with van der Waals surface area (Å²) < 4.78 is 11.2. The van der Waals surface area contributed by atoms with E-state index >= 15 is 0 Å². The van der Waals surface area contributed by atoms with Gasteiger partial charge in [-0.15, -0.1) is 0 Å². The molecule has 0 unspecified atom stereocenters. The lowest BCUT2D eigenvalue weighted by Gasteiger charge is -2.41. The monoisotopic (exact) mass is 398 g/mol. The topological polar surface area (TPSA) is 96.2 Å². The summed E-state index contributed by atoms with van der Waals surface area (Å²) in [5.41, 5.74) is -0.716. The fraction of sp³-hybridized carbons (Fsp3) is 0.650. The molecule has 7 heteroatoms. The van der Waals surface area contributed by atoms with Gasteiger partial charge in [-0.1, -0.05) is 62.6 Å². The Hall–Kier alpha value is -1.12. The molecule has 0 spiro atoms. The van der Waals surface area contributed by atoms with Crippen LogP contribution in [0.15, 0.2) is 35.2 Å². The van der Waals surface area contributed by atoms with E-state index < -0.39 is 42.4 Å². The normalized spacial score (nSPS) is 28.1. The number of aliphatic hydroxyl groups is 3. The highest BCUT2D eigenvalue weighted by Crippen LogP contribution is 2.35. The second kappa shape index (κ2) is 11.7. The SMILES string of the molecule is CCCCCCCC(=O)O[C@H]1[C@@H](O)[C@H](O)[C@@H](CO)O[C@@H]1Sc1ccccc1. The molecule has 0 radical (unpaired) electrons. The maximum atomic E-state index is 12.2. The van der Waals surface area contributed by atoms with E-state index in [4.69, 9.17) is 9.47 Å². The van der Waals surface area contributed by atoms with Crippen molar-refractivity contribution in [3.8, 4) is 0 Å². The Kier molecular flexibility index (Phi) is 9.58. The van der Waals surface area contributed by atoms with Crippen molar-refractivity contribution >= 4 is 17.7 Å². The number of unbranched alkanes of at least 4 members (excludes halogenated alkanes) is 4. The van der Waals surface area contributed by atoms with E-state index in [9.17, 15) is 20.1 Å². The average Bonchev–Trinajstić information content (AvgIpc) is 2.68. The molecular weight excluding hydrogens is 368 g/mol. The Morgan fingerprint density at radius 1 is 1.11 bits per heavy atom. The first-order valence-corrected chi connectivity index (χ1v) is 10.5. The lowest BCUT2D eigenvalue weighted by molar-refractivity contribution is -0.219. The van der Waals surface area contributed by atoms with E-state index in [1.165, 1.54) is 11.8 Å². The number of benzene rings is 1.